The Morgan fingerprint density at radius 3 is 2.89 bits per heavy atom. The van der Waals surface area contributed by atoms with Crippen molar-refractivity contribution in [3.63, 3.8) is 0 Å². The Kier molecular flexibility index (Phi) is 6.11. The molecule has 0 aromatic heterocycles. The number of carbonyl (C=O) groups is 1. The summed E-state index contributed by atoms with van der Waals surface area (Å²) in [6.45, 7) is 0.356. The number of anilines is 1. The number of carbonyl (C=O) groups excluding carboxylic acids is 1. The van der Waals surface area contributed by atoms with Crippen LogP contribution in [0.5, 0.6) is 0 Å². The quantitative estimate of drug-likeness (QED) is 0.688. The van der Waals surface area contributed by atoms with Gasteiger partial charge in [-0.15, -0.1) is 0 Å². The number of nitrogens with two attached hydrogens (primary N) is 1. The number of aliphatic hydroxyl groups is 1. The standard InChI is InChI=1S/C12H17BrN2O3/c1-18-7-9(4-5-16)15-12(17)8-2-3-10(13)11(14)6-8/h2-3,6,9,16H,4-5,7,14H2,1H3,(H,15,17). The molecule has 18 heavy (non-hydrogen) atoms. The van der Waals surface area contributed by atoms with Crippen LogP contribution >= 0.6 is 15.9 Å². The van der Waals surface area contributed by atoms with Crippen LogP contribution in [0.4, 0.5) is 5.69 Å². The van der Waals surface area contributed by atoms with Crippen molar-refractivity contribution in [3.05, 3.63) is 28.2 Å². The molecule has 0 aliphatic rings. The Hall–Kier alpha value is -1.11. The fraction of sp³-hybridized carbons (Fsp3) is 0.417. The first-order valence-electron chi connectivity index (χ1n) is 5.54. The molecule has 100 valence electrons. The lowest BCUT2D eigenvalue weighted by atomic mass is 10.1. The number of nitrogens with one attached hydrogen (secondary N) is 1. The third-order valence-corrected chi connectivity index (χ3v) is 3.16. The van der Waals surface area contributed by atoms with Crippen LogP contribution < -0.4 is 11.1 Å². The molecule has 1 aromatic carbocycles. The molecular formula is C12H17BrN2O3. The molecule has 0 fully saturated rings. The normalized spacial score (nSPS) is 12.2. The van der Waals surface area contributed by atoms with E-state index in [4.69, 9.17) is 15.6 Å². The summed E-state index contributed by atoms with van der Waals surface area (Å²) in [5, 5.41) is 11.7. The maximum absolute atomic E-state index is 11.9. The van der Waals surface area contributed by atoms with Gasteiger partial charge < -0.3 is 20.9 Å². The number of amides is 1. The lowest BCUT2D eigenvalue weighted by molar-refractivity contribution is 0.0878. The van der Waals surface area contributed by atoms with Crippen molar-refractivity contribution in [3.8, 4) is 0 Å². The number of hydrogen-bond acceptors (Lipinski definition) is 4. The maximum Gasteiger partial charge on any atom is 0.251 e. The summed E-state index contributed by atoms with van der Waals surface area (Å²) >= 11 is 3.27. The number of nitrogen functional groups attached to an aromatic ring is 1. The van der Waals surface area contributed by atoms with E-state index >= 15 is 0 Å². The number of aliphatic hydroxyl groups excluding tert-OH is 1. The van der Waals surface area contributed by atoms with Crippen molar-refractivity contribution in [2.75, 3.05) is 26.1 Å². The predicted molar refractivity (Wildman–Crippen MR) is 73.4 cm³/mol. The highest BCUT2D eigenvalue weighted by Crippen LogP contribution is 2.20. The zero-order valence-electron chi connectivity index (χ0n) is 10.1. The lowest BCUT2D eigenvalue weighted by Crippen LogP contribution is -2.38. The summed E-state index contributed by atoms with van der Waals surface area (Å²) in [5.74, 6) is -0.232. The molecule has 0 aliphatic heterocycles. The smallest absolute Gasteiger partial charge is 0.251 e. The first-order chi connectivity index (χ1) is 8.58. The summed E-state index contributed by atoms with van der Waals surface area (Å²) in [6, 6.07) is 4.79. The van der Waals surface area contributed by atoms with Gasteiger partial charge >= 0.3 is 0 Å². The summed E-state index contributed by atoms with van der Waals surface area (Å²) in [7, 11) is 1.55. The summed E-state index contributed by atoms with van der Waals surface area (Å²) in [5.41, 5.74) is 6.70. The second-order valence-electron chi connectivity index (χ2n) is 3.87. The molecule has 5 nitrogen and oxygen atoms in total. The van der Waals surface area contributed by atoms with Crippen LogP contribution in [0.2, 0.25) is 0 Å². The molecule has 1 amide bonds. The Balaban J connectivity index is 2.70. The van der Waals surface area contributed by atoms with Gasteiger partial charge in [-0.2, -0.15) is 0 Å². The summed E-state index contributed by atoms with van der Waals surface area (Å²) in [6.07, 6.45) is 0.450. The molecule has 0 radical (unpaired) electrons. The van der Waals surface area contributed by atoms with Gasteiger partial charge in [0, 0.05) is 29.4 Å². The molecule has 0 spiro atoms. The van der Waals surface area contributed by atoms with Crippen LogP contribution in [-0.2, 0) is 4.74 Å². The summed E-state index contributed by atoms with van der Waals surface area (Å²) in [4.78, 5) is 11.9. The highest BCUT2D eigenvalue weighted by atomic mass is 79.9. The van der Waals surface area contributed by atoms with Gasteiger partial charge in [0.2, 0.25) is 0 Å². The van der Waals surface area contributed by atoms with Crippen molar-refractivity contribution in [1.29, 1.82) is 0 Å². The zero-order chi connectivity index (χ0) is 13.5. The van der Waals surface area contributed by atoms with E-state index in [1.165, 1.54) is 0 Å². The fourth-order valence-electron chi connectivity index (χ4n) is 1.51. The van der Waals surface area contributed by atoms with Crippen molar-refractivity contribution in [2.24, 2.45) is 0 Å². The van der Waals surface area contributed by atoms with Crippen LogP contribution in [0, 0.1) is 0 Å². The number of benzene rings is 1. The van der Waals surface area contributed by atoms with Crippen LogP contribution in [0.3, 0.4) is 0 Å². The molecular weight excluding hydrogens is 300 g/mol. The van der Waals surface area contributed by atoms with Gasteiger partial charge in [0.1, 0.15) is 0 Å². The Labute approximate surface area is 114 Å². The van der Waals surface area contributed by atoms with Crippen molar-refractivity contribution >= 4 is 27.5 Å². The molecule has 1 rings (SSSR count). The molecule has 0 bridgehead atoms. The van der Waals surface area contributed by atoms with Gasteiger partial charge in [-0.05, 0) is 40.5 Å². The van der Waals surface area contributed by atoms with Gasteiger partial charge in [-0.25, -0.2) is 0 Å². The third-order valence-electron chi connectivity index (χ3n) is 2.44. The first-order valence-corrected chi connectivity index (χ1v) is 6.33. The number of hydrogen-bond donors (Lipinski definition) is 3. The Bertz CT molecular complexity index is 406. The van der Waals surface area contributed by atoms with E-state index in [0.29, 0.717) is 24.3 Å². The SMILES string of the molecule is COCC(CCO)NC(=O)c1ccc(Br)c(N)c1. The Morgan fingerprint density at radius 1 is 1.61 bits per heavy atom. The van der Waals surface area contributed by atoms with Gasteiger partial charge in [0.25, 0.3) is 5.91 Å². The fourth-order valence-corrected chi connectivity index (χ4v) is 1.75. The second-order valence-corrected chi connectivity index (χ2v) is 4.73. The van der Waals surface area contributed by atoms with Crippen LogP contribution in [0.15, 0.2) is 22.7 Å². The van der Waals surface area contributed by atoms with E-state index < -0.39 is 0 Å². The largest absolute Gasteiger partial charge is 0.398 e. The average Bonchev–Trinajstić information content (AvgIpc) is 2.33. The Morgan fingerprint density at radius 2 is 2.33 bits per heavy atom. The second kappa shape index (κ2) is 7.35. The number of methoxy groups -OCH3 is 1. The van der Waals surface area contributed by atoms with E-state index in [-0.39, 0.29) is 18.6 Å². The van der Waals surface area contributed by atoms with Crippen molar-refractivity contribution < 1.29 is 14.6 Å². The first kappa shape index (κ1) is 14.9. The molecule has 0 saturated heterocycles. The van der Waals surface area contributed by atoms with Crippen LogP contribution in [0.1, 0.15) is 16.8 Å². The minimum absolute atomic E-state index is 0.00319. The van der Waals surface area contributed by atoms with Gasteiger partial charge in [-0.3, -0.25) is 4.79 Å². The topological polar surface area (TPSA) is 84.6 Å². The van der Waals surface area contributed by atoms with E-state index in [2.05, 4.69) is 21.2 Å². The van der Waals surface area contributed by atoms with Crippen molar-refractivity contribution in [1.82, 2.24) is 5.32 Å². The van der Waals surface area contributed by atoms with Gasteiger partial charge in [-0.1, -0.05) is 0 Å². The highest BCUT2D eigenvalue weighted by molar-refractivity contribution is 9.10. The predicted octanol–water partition coefficient (Wildman–Crippen LogP) is 1.16. The molecule has 0 aliphatic carbocycles. The number of halogens is 1. The lowest BCUT2D eigenvalue weighted by Gasteiger charge is -2.17. The molecule has 0 saturated carbocycles. The molecule has 0 heterocycles. The molecule has 1 aromatic rings. The third kappa shape index (κ3) is 4.29. The maximum atomic E-state index is 11.9. The van der Waals surface area contributed by atoms with E-state index in [1.807, 2.05) is 0 Å². The van der Waals surface area contributed by atoms with E-state index in [1.54, 1.807) is 25.3 Å². The number of ether oxygens (including phenoxy) is 1. The van der Waals surface area contributed by atoms with Gasteiger partial charge in [0.15, 0.2) is 0 Å². The monoisotopic (exact) mass is 316 g/mol. The minimum Gasteiger partial charge on any atom is -0.398 e. The van der Waals surface area contributed by atoms with E-state index in [9.17, 15) is 4.79 Å². The minimum atomic E-state index is -0.232. The van der Waals surface area contributed by atoms with E-state index in [0.717, 1.165) is 4.47 Å². The van der Waals surface area contributed by atoms with Crippen LogP contribution in [-0.4, -0.2) is 37.4 Å². The zero-order valence-corrected chi connectivity index (χ0v) is 11.7. The molecule has 4 N–H and O–H groups in total. The summed E-state index contributed by atoms with van der Waals surface area (Å²) < 4.78 is 5.73. The average molecular weight is 317 g/mol. The molecule has 1 atom stereocenters. The van der Waals surface area contributed by atoms with Crippen LogP contribution in [0.25, 0.3) is 0 Å². The number of rotatable bonds is 6. The highest BCUT2D eigenvalue weighted by Gasteiger charge is 2.13. The van der Waals surface area contributed by atoms with Crippen molar-refractivity contribution in [2.45, 2.75) is 12.5 Å². The van der Waals surface area contributed by atoms with Gasteiger partial charge in [0.05, 0.1) is 12.6 Å². The molecule has 1 unspecified atom stereocenters. The molecule has 6 heteroatoms.